The van der Waals surface area contributed by atoms with E-state index in [9.17, 15) is 0 Å². The van der Waals surface area contributed by atoms with Gasteiger partial charge in [-0.2, -0.15) is 0 Å². The van der Waals surface area contributed by atoms with E-state index in [1.165, 1.54) is 32.4 Å². The summed E-state index contributed by atoms with van der Waals surface area (Å²) in [6.45, 7) is 11.6. The predicted molar refractivity (Wildman–Crippen MR) is 64.7 cm³/mol. The highest BCUT2D eigenvalue weighted by molar-refractivity contribution is 4.61. The van der Waals surface area contributed by atoms with Crippen LogP contribution in [0.3, 0.4) is 0 Å². The first kappa shape index (κ1) is 13.9. The molecule has 0 aliphatic carbocycles. The quantitative estimate of drug-likeness (QED) is 0.575. The maximum atomic E-state index is 3.47. The molecule has 0 saturated heterocycles. The van der Waals surface area contributed by atoms with Gasteiger partial charge in [0.15, 0.2) is 0 Å². The Morgan fingerprint density at radius 1 is 1.21 bits per heavy atom. The molecule has 1 N–H and O–H groups in total. The van der Waals surface area contributed by atoms with E-state index in [-0.39, 0.29) is 0 Å². The van der Waals surface area contributed by atoms with Crippen molar-refractivity contribution in [2.45, 2.75) is 40.0 Å². The largest absolute Gasteiger partial charge is 0.316 e. The van der Waals surface area contributed by atoms with Gasteiger partial charge >= 0.3 is 0 Å². The maximum absolute atomic E-state index is 3.47. The summed E-state index contributed by atoms with van der Waals surface area (Å²) >= 11 is 0. The van der Waals surface area contributed by atoms with Crippen LogP contribution >= 0.6 is 0 Å². The first-order valence-electron chi connectivity index (χ1n) is 6.09. The summed E-state index contributed by atoms with van der Waals surface area (Å²) in [4.78, 5) is 2.45. The number of hydrogen-bond acceptors (Lipinski definition) is 2. The maximum Gasteiger partial charge on any atom is 0.00161 e. The standard InChI is InChI=1S/C12H28N2/c1-5-7-9-14(4)11-12(3)10-13-8-6-2/h12-13H,5-11H2,1-4H3. The van der Waals surface area contributed by atoms with Gasteiger partial charge in [0.2, 0.25) is 0 Å². The van der Waals surface area contributed by atoms with Crippen LogP contribution in [-0.2, 0) is 0 Å². The number of rotatable bonds is 9. The molecule has 1 atom stereocenters. The second kappa shape index (κ2) is 9.47. The van der Waals surface area contributed by atoms with Crippen molar-refractivity contribution in [1.82, 2.24) is 10.2 Å². The van der Waals surface area contributed by atoms with Crippen molar-refractivity contribution >= 4 is 0 Å². The fourth-order valence-corrected chi connectivity index (χ4v) is 1.64. The van der Waals surface area contributed by atoms with E-state index in [0.717, 1.165) is 19.0 Å². The molecule has 0 spiro atoms. The molecule has 0 aromatic rings. The Morgan fingerprint density at radius 3 is 2.50 bits per heavy atom. The van der Waals surface area contributed by atoms with Crippen molar-refractivity contribution in [3.05, 3.63) is 0 Å². The molecule has 0 heterocycles. The van der Waals surface area contributed by atoms with E-state index in [2.05, 4.69) is 38.0 Å². The second-order valence-electron chi connectivity index (χ2n) is 4.43. The van der Waals surface area contributed by atoms with Crippen LogP contribution in [0.4, 0.5) is 0 Å². The molecule has 0 fully saturated rings. The Kier molecular flexibility index (Phi) is 9.42. The number of nitrogens with zero attached hydrogens (tertiary/aromatic N) is 1. The fraction of sp³-hybridized carbons (Fsp3) is 1.00. The molecule has 0 aliphatic rings. The molecule has 0 aliphatic heterocycles. The van der Waals surface area contributed by atoms with Crippen LogP contribution in [0.25, 0.3) is 0 Å². The van der Waals surface area contributed by atoms with E-state index < -0.39 is 0 Å². The molecule has 0 amide bonds. The zero-order valence-corrected chi connectivity index (χ0v) is 10.5. The average molecular weight is 200 g/mol. The van der Waals surface area contributed by atoms with Crippen molar-refractivity contribution in [1.29, 1.82) is 0 Å². The van der Waals surface area contributed by atoms with Crippen LogP contribution in [0.15, 0.2) is 0 Å². The van der Waals surface area contributed by atoms with Crippen LogP contribution in [0.1, 0.15) is 40.0 Å². The Labute approximate surface area is 90.1 Å². The molecule has 0 saturated carbocycles. The molecular weight excluding hydrogens is 172 g/mol. The van der Waals surface area contributed by atoms with Gasteiger partial charge in [-0.3, -0.25) is 0 Å². The number of nitrogens with one attached hydrogen (secondary N) is 1. The molecule has 0 rings (SSSR count). The summed E-state index contributed by atoms with van der Waals surface area (Å²) < 4.78 is 0. The molecule has 2 heteroatoms. The minimum Gasteiger partial charge on any atom is -0.316 e. The Hall–Kier alpha value is -0.0800. The van der Waals surface area contributed by atoms with Gasteiger partial charge in [0, 0.05) is 6.54 Å². The normalized spacial score (nSPS) is 13.5. The Morgan fingerprint density at radius 2 is 1.93 bits per heavy atom. The second-order valence-corrected chi connectivity index (χ2v) is 4.43. The lowest BCUT2D eigenvalue weighted by molar-refractivity contribution is 0.277. The highest BCUT2D eigenvalue weighted by Crippen LogP contribution is 1.98. The first-order valence-corrected chi connectivity index (χ1v) is 6.09. The van der Waals surface area contributed by atoms with Gasteiger partial charge < -0.3 is 10.2 Å². The average Bonchev–Trinajstić information content (AvgIpc) is 2.15. The van der Waals surface area contributed by atoms with E-state index in [0.29, 0.717) is 0 Å². The topological polar surface area (TPSA) is 15.3 Å². The van der Waals surface area contributed by atoms with Gasteiger partial charge in [-0.05, 0) is 45.4 Å². The summed E-state index contributed by atoms with van der Waals surface area (Å²) in [5.41, 5.74) is 0. The molecule has 86 valence electrons. The Balaban J connectivity index is 3.35. The van der Waals surface area contributed by atoms with E-state index in [4.69, 9.17) is 0 Å². The highest BCUT2D eigenvalue weighted by Gasteiger charge is 2.04. The summed E-state index contributed by atoms with van der Waals surface area (Å²) in [5, 5.41) is 3.47. The van der Waals surface area contributed by atoms with E-state index in [1.807, 2.05) is 0 Å². The number of hydrogen-bond donors (Lipinski definition) is 1. The van der Waals surface area contributed by atoms with Crippen LogP contribution < -0.4 is 5.32 Å². The zero-order valence-electron chi connectivity index (χ0n) is 10.5. The molecule has 14 heavy (non-hydrogen) atoms. The summed E-state index contributed by atoms with van der Waals surface area (Å²) in [6, 6.07) is 0. The van der Waals surface area contributed by atoms with E-state index in [1.54, 1.807) is 0 Å². The molecular formula is C12H28N2. The summed E-state index contributed by atoms with van der Waals surface area (Å²) in [6.07, 6.45) is 3.86. The highest BCUT2D eigenvalue weighted by atomic mass is 15.1. The van der Waals surface area contributed by atoms with Crippen molar-refractivity contribution in [3.8, 4) is 0 Å². The zero-order chi connectivity index (χ0) is 10.8. The third kappa shape index (κ3) is 8.52. The van der Waals surface area contributed by atoms with Crippen LogP contribution in [0, 0.1) is 5.92 Å². The minimum absolute atomic E-state index is 0.767. The lowest BCUT2D eigenvalue weighted by atomic mass is 10.1. The van der Waals surface area contributed by atoms with Gasteiger partial charge in [0.1, 0.15) is 0 Å². The fourth-order valence-electron chi connectivity index (χ4n) is 1.64. The molecule has 0 aromatic carbocycles. The summed E-state index contributed by atoms with van der Waals surface area (Å²) in [5.74, 6) is 0.767. The third-order valence-corrected chi connectivity index (χ3v) is 2.44. The van der Waals surface area contributed by atoms with E-state index >= 15 is 0 Å². The van der Waals surface area contributed by atoms with Crippen LogP contribution in [-0.4, -0.2) is 38.1 Å². The lowest BCUT2D eigenvalue weighted by Crippen LogP contribution is -2.31. The third-order valence-electron chi connectivity index (χ3n) is 2.44. The van der Waals surface area contributed by atoms with Crippen molar-refractivity contribution < 1.29 is 0 Å². The molecule has 0 aromatic heterocycles. The van der Waals surface area contributed by atoms with Crippen molar-refractivity contribution in [3.63, 3.8) is 0 Å². The molecule has 0 radical (unpaired) electrons. The molecule has 0 bridgehead atoms. The SMILES string of the molecule is CCCCN(C)CC(C)CNCCC. The first-order chi connectivity index (χ1) is 6.70. The predicted octanol–water partition coefficient (Wildman–Crippen LogP) is 2.35. The molecule has 1 unspecified atom stereocenters. The van der Waals surface area contributed by atoms with Gasteiger partial charge in [-0.1, -0.05) is 27.2 Å². The summed E-state index contributed by atoms with van der Waals surface area (Å²) in [7, 11) is 2.23. The van der Waals surface area contributed by atoms with Gasteiger partial charge in [0.05, 0.1) is 0 Å². The van der Waals surface area contributed by atoms with Gasteiger partial charge in [-0.25, -0.2) is 0 Å². The monoisotopic (exact) mass is 200 g/mol. The number of unbranched alkanes of at least 4 members (excludes halogenated alkanes) is 1. The van der Waals surface area contributed by atoms with Crippen LogP contribution in [0.2, 0.25) is 0 Å². The lowest BCUT2D eigenvalue weighted by Gasteiger charge is -2.21. The Bertz CT molecular complexity index is 115. The smallest absolute Gasteiger partial charge is 0.00161 e. The van der Waals surface area contributed by atoms with Gasteiger partial charge in [0.25, 0.3) is 0 Å². The van der Waals surface area contributed by atoms with Gasteiger partial charge in [-0.15, -0.1) is 0 Å². The van der Waals surface area contributed by atoms with Crippen LogP contribution in [0.5, 0.6) is 0 Å². The van der Waals surface area contributed by atoms with Crippen molar-refractivity contribution in [2.75, 3.05) is 33.2 Å². The minimum atomic E-state index is 0.767. The van der Waals surface area contributed by atoms with Crippen molar-refractivity contribution in [2.24, 2.45) is 5.92 Å². The molecule has 2 nitrogen and oxygen atoms in total.